The molecule has 1 heterocycles. The van der Waals surface area contributed by atoms with Crippen LogP contribution in [0.1, 0.15) is 41.8 Å². The van der Waals surface area contributed by atoms with E-state index in [0.29, 0.717) is 12.1 Å². The van der Waals surface area contributed by atoms with Gasteiger partial charge in [-0.3, -0.25) is 9.89 Å². The summed E-state index contributed by atoms with van der Waals surface area (Å²) in [5.41, 5.74) is 2.79. The Bertz CT molecular complexity index is 712. The molecule has 0 aliphatic heterocycles. The monoisotopic (exact) mass is 319 g/mol. The van der Waals surface area contributed by atoms with E-state index in [4.69, 9.17) is 0 Å². The minimum atomic E-state index is -2.71. The summed E-state index contributed by atoms with van der Waals surface area (Å²) in [5.74, 6) is 0.00730. The number of benzene rings is 1. The predicted molar refractivity (Wildman–Crippen MR) is 83.5 cm³/mol. The van der Waals surface area contributed by atoms with Crippen LogP contribution in [0.15, 0.2) is 24.3 Å². The molecule has 6 heteroatoms. The molecular formula is C17H19F2N3O. The van der Waals surface area contributed by atoms with Gasteiger partial charge in [-0.2, -0.15) is 5.10 Å². The maximum Gasteiger partial charge on any atom is 0.284 e. The van der Waals surface area contributed by atoms with Crippen LogP contribution in [0.3, 0.4) is 0 Å². The lowest BCUT2D eigenvalue weighted by molar-refractivity contribution is -0.117. The Labute approximate surface area is 133 Å². The van der Waals surface area contributed by atoms with Crippen LogP contribution in [0.5, 0.6) is 0 Å². The minimum Gasteiger partial charge on any atom is -0.323 e. The molecule has 3 rings (SSSR count). The Morgan fingerprint density at radius 1 is 1.39 bits per heavy atom. The lowest BCUT2D eigenvalue weighted by atomic mass is 9.82. The van der Waals surface area contributed by atoms with E-state index in [1.54, 1.807) is 6.92 Å². The quantitative estimate of drug-likeness (QED) is 0.901. The molecule has 2 aromatic rings. The highest BCUT2D eigenvalue weighted by atomic mass is 19.3. The summed E-state index contributed by atoms with van der Waals surface area (Å²) >= 11 is 0. The molecule has 1 aromatic heterocycles. The summed E-state index contributed by atoms with van der Waals surface area (Å²) in [4.78, 5) is 12.2. The molecule has 1 amide bonds. The number of alkyl halides is 2. The molecule has 4 nitrogen and oxygen atoms in total. The number of hydrogen-bond acceptors (Lipinski definition) is 2. The third-order valence-corrected chi connectivity index (χ3v) is 4.37. The van der Waals surface area contributed by atoms with Gasteiger partial charge in [0.25, 0.3) is 6.43 Å². The van der Waals surface area contributed by atoms with Crippen molar-refractivity contribution in [1.29, 1.82) is 0 Å². The van der Waals surface area contributed by atoms with Crippen LogP contribution in [0, 0.1) is 12.8 Å². The predicted octanol–water partition coefficient (Wildman–Crippen LogP) is 3.79. The fourth-order valence-electron chi connectivity index (χ4n) is 3.16. The molecule has 1 aliphatic carbocycles. The molecule has 1 unspecified atom stereocenters. The van der Waals surface area contributed by atoms with Gasteiger partial charge in [0.05, 0.1) is 11.4 Å². The van der Waals surface area contributed by atoms with Gasteiger partial charge in [-0.25, -0.2) is 8.78 Å². The number of aromatic nitrogens is 2. The van der Waals surface area contributed by atoms with Crippen LogP contribution < -0.4 is 5.32 Å². The van der Waals surface area contributed by atoms with E-state index in [1.165, 1.54) is 11.1 Å². The molecule has 0 bridgehead atoms. The number of carbonyl (C=O) groups excluding carboxylic acids is 1. The molecule has 1 atom stereocenters. The fraction of sp³-hybridized carbons (Fsp3) is 0.412. The molecule has 2 N–H and O–H groups in total. The van der Waals surface area contributed by atoms with E-state index in [-0.39, 0.29) is 17.5 Å². The second-order valence-electron chi connectivity index (χ2n) is 6.04. The van der Waals surface area contributed by atoms with Crippen LogP contribution in [0.25, 0.3) is 0 Å². The van der Waals surface area contributed by atoms with Crippen molar-refractivity contribution in [2.24, 2.45) is 5.92 Å². The van der Waals surface area contributed by atoms with Gasteiger partial charge in [-0.15, -0.1) is 0 Å². The number of anilines is 1. The van der Waals surface area contributed by atoms with Crippen LogP contribution >= 0.6 is 0 Å². The van der Waals surface area contributed by atoms with Crippen molar-refractivity contribution in [2.45, 2.75) is 39.0 Å². The molecule has 0 saturated heterocycles. The zero-order valence-electron chi connectivity index (χ0n) is 12.9. The second kappa shape index (κ2) is 6.48. The van der Waals surface area contributed by atoms with E-state index in [0.717, 1.165) is 19.3 Å². The standard InChI is InChI=1S/C17H19F2N3O/c1-10-15(16(17(18)19)22-21-10)20-14(23)9-11-6-7-12-4-2-3-5-13(12)8-11/h2-5,11,17H,6-9H2,1H3,(H,20,23)(H,21,22). The molecule has 23 heavy (non-hydrogen) atoms. The first-order valence-corrected chi connectivity index (χ1v) is 7.74. The average molecular weight is 319 g/mol. The summed E-state index contributed by atoms with van der Waals surface area (Å²) in [6.45, 7) is 1.62. The smallest absolute Gasteiger partial charge is 0.284 e. The SMILES string of the molecule is Cc1[nH]nc(C(F)F)c1NC(=O)CC1CCc2ccccc2C1. The highest BCUT2D eigenvalue weighted by molar-refractivity contribution is 5.92. The molecule has 0 radical (unpaired) electrons. The summed E-state index contributed by atoms with van der Waals surface area (Å²) in [7, 11) is 0. The van der Waals surface area contributed by atoms with Crippen molar-refractivity contribution in [3.05, 3.63) is 46.8 Å². The number of aryl methyl sites for hydroxylation is 2. The van der Waals surface area contributed by atoms with Gasteiger partial charge in [0.15, 0.2) is 5.69 Å². The van der Waals surface area contributed by atoms with Gasteiger partial charge in [0, 0.05) is 6.42 Å². The molecule has 1 aliphatic rings. The number of aromatic amines is 1. The molecule has 0 fully saturated rings. The third kappa shape index (κ3) is 3.41. The van der Waals surface area contributed by atoms with Crippen molar-refractivity contribution in [2.75, 3.05) is 5.32 Å². The Hall–Kier alpha value is -2.24. The maximum absolute atomic E-state index is 12.9. The molecular weight excluding hydrogens is 300 g/mol. The normalized spacial score (nSPS) is 17.1. The minimum absolute atomic E-state index is 0.112. The Morgan fingerprint density at radius 3 is 2.87 bits per heavy atom. The van der Waals surface area contributed by atoms with Crippen LogP contribution in [-0.4, -0.2) is 16.1 Å². The summed E-state index contributed by atoms with van der Waals surface area (Å²) < 4.78 is 25.8. The van der Waals surface area contributed by atoms with E-state index < -0.39 is 12.1 Å². The number of H-pyrrole nitrogens is 1. The summed E-state index contributed by atoms with van der Waals surface area (Å²) in [5, 5.41) is 8.65. The Balaban J connectivity index is 1.64. The first-order valence-electron chi connectivity index (χ1n) is 7.74. The van der Waals surface area contributed by atoms with E-state index in [1.807, 2.05) is 12.1 Å². The average Bonchev–Trinajstić information content (AvgIpc) is 2.88. The van der Waals surface area contributed by atoms with Crippen LogP contribution in [0.4, 0.5) is 14.5 Å². The number of halogens is 2. The Kier molecular flexibility index (Phi) is 4.41. The van der Waals surface area contributed by atoms with Gasteiger partial charge < -0.3 is 5.32 Å². The van der Waals surface area contributed by atoms with Crippen molar-refractivity contribution in [3.8, 4) is 0 Å². The molecule has 1 aromatic carbocycles. The lowest BCUT2D eigenvalue weighted by Gasteiger charge is -2.24. The van der Waals surface area contributed by atoms with Gasteiger partial charge in [0.2, 0.25) is 5.91 Å². The number of rotatable bonds is 4. The van der Waals surface area contributed by atoms with Crippen molar-refractivity contribution in [1.82, 2.24) is 10.2 Å². The highest BCUT2D eigenvalue weighted by Gasteiger charge is 2.24. The van der Waals surface area contributed by atoms with Gasteiger partial charge in [-0.1, -0.05) is 24.3 Å². The van der Waals surface area contributed by atoms with Crippen LogP contribution in [-0.2, 0) is 17.6 Å². The number of nitrogens with zero attached hydrogens (tertiary/aromatic N) is 1. The number of nitrogens with one attached hydrogen (secondary N) is 2. The third-order valence-electron chi connectivity index (χ3n) is 4.37. The maximum atomic E-state index is 12.9. The van der Waals surface area contributed by atoms with Crippen LogP contribution in [0.2, 0.25) is 0 Å². The van der Waals surface area contributed by atoms with Crippen molar-refractivity contribution < 1.29 is 13.6 Å². The van der Waals surface area contributed by atoms with Crippen molar-refractivity contribution in [3.63, 3.8) is 0 Å². The number of fused-ring (bicyclic) bond motifs is 1. The Morgan fingerprint density at radius 2 is 2.13 bits per heavy atom. The van der Waals surface area contributed by atoms with E-state index in [2.05, 4.69) is 27.6 Å². The zero-order valence-corrected chi connectivity index (χ0v) is 12.9. The van der Waals surface area contributed by atoms with Gasteiger partial charge in [-0.05, 0) is 43.2 Å². The molecule has 122 valence electrons. The van der Waals surface area contributed by atoms with Crippen molar-refractivity contribution >= 4 is 11.6 Å². The summed E-state index contributed by atoms with van der Waals surface area (Å²) in [6.07, 6.45) is 0.381. The lowest BCUT2D eigenvalue weighted by Crippen LogP contribution is -2.22. The number of amides is 1. The van der Waals surface area contributed by atoms with E-state index in [9.17, 15) is 13.6 Å². The molecule has 0 spiro atoms. The largest absolute Gasteiger partial charge is 0.323 e. The highest BCUT2D eigenvalue weighted by Crippen LogP contribution is 2.30. The van der Waals surface area contributed by atoms with Gasteiger partial charge >= 0.3 is 0 Å². The van der Waals surface area contributed by atoms with E-state index >= 15 is 0 Å². The number of hydrogen-bond donors (Lipinski definition) is 2. The summed E-state index contributed by atoms with van der Waals surface area (Å²) in [6, 6.07) is 8.24. The van der Waals surface area contributed by atoms with Gasteiger partial charge in [0.1, 0.15) is 0 Å². The number of carbonyl (C=O) groups is 1. The first-order chi connectivity index (χ1) is 11.0. The molecule has 0 saturated carbocycles. The zero-order chi connectivity index (χ0) is 16.4. The topological polar surface area (TPSA) is 57.8 Å². The second-order valence-corrected chi connectivity index (χ2v) is 6.04. The fourth-order valence-corrected chi connectivity index (χ4v) is 3.16. The first kappa shape index (κ1) is 15.6.